The van der Waals surface area contributed by atoms with Crippen LogP contribution < -0.4 is 0 Å². The van der Waals surface area contributed by atoms with E-state index in [2.05, 4.69) is 241 Å². The second kappa shape index (κ2) is 30.8. The Balaban J connectivity index is 0.000000112. The van der Waals surface area contributed by atoms with Crippen molar-refractivity contribution in [2.75, 3.05) is 0 Å². The number of nitrogens with zero attached hydrogens (tertiary/aromatic N) is 15. The maximum atomic E-state index is 5.15. The van der Waals surface area contributed by atoms with E-state index >= 15 is 0 Å². The number of para-hydroxylation sites is 4. The van der Waals surface area contributed by atoms with Crippen LogP contribution in [0.25, 0.3) is 222 Å². The molecular formula is C105H67N15. The van der Waals surface area contributed by atoms with Crippen LogP contribution in [0.15, 0.2) is 371 Å². The summed E-state index contributed by atoms with van der Waals surface area (Å²) in [5.41, 5.74) is 17.9. The van der Waals surface area contributed by atoms with Gasteiger partial charge >= 0.3 is 0 Å². The third-order valence-electron chi connectivity index (χ3n) is 21.9. The highest BCUT2D eigenvalue weighted by Gasteiger charge is 2.22. The maximum absolute atomic E-state index is 5.15. The summed E-state index contributed by atoms with van der Waals surface area (Å²) < 4.78 is 0. The normalized spacial score (nSPS) is 11.4. The first-order valence-electron chi connectivity index (χ1n) is 39.6. The van der Waals surface area contributed by atoms with Crippen molar-refractivity contribution in [3.05, 3.63) is 382 Å². The number of hydrogen-bond acceptors (Lipinski definition) is 15. The van der Waals surface area contributed by atoms with Gasteiger partial charge in [0.2, 0.25) is 0 Å². The summed E-state index contributed by atoms with van der Waals surface area (Å²) in [7, 11) is 0. The van der Waals surface area contributed by atoms with Gasteiger partial charge in [-0.3, -0.25) is 15.0 Å². The van der Waals surface area contributed by atoms with Gasteiger partial charge in [0.25, 0.3) is 0 Å². The van der Waals surface area contributed by atoms with Crippen LogP contribution in [0, 0.1) is 13.8 Å². The second-order valence-corrected chi connectivity index (χ2v) is 29.5. The lowest BCUT2D eigenvalue weighted by molar-refractivity contribution is 1.06. The van der Waals surface area contributed by atoms with E-state index < -0.39 is 0 Å². The highest BCUT2D eigenvalue weighted by Crippen LogP contribution is 2.42. The molecule has 0 fully saturated rings. The van der Waals surface area contributed by atoms with Gasteiger partial charge in [-0.05, 0) is 137 Å². The van der Waals surface area contributed by atoms with Gasteiger partial charge in [0.15, 0.2) is 34.9 Å². The van der Waals surface area contributed by atoms with Gasteiger partial charge in [-0.15, -0.1) is 0 Å². The van der Waals surface area contributed by atoms with Crippen LogP contribution in [0.1, 0.15) is 11.1 Å². The smallest absolute Gasteiger partial charge is 0.182 e. The summed E-state index contributed by atoms with van der Waals surface area (Å²) in [6.45, 7) is 4.15. The zero-order valence-electron chi connectivity index (χ0n) is 64.9. The summed E-state index contributed by atoms with van der Waals surface area (Å²) in [6, 6.07) is 116. The molecular weight excluding hydrogens is 1470 g/mol. The summed E-state index contributed by atoms with van der Waals surface area (Å²) in [5, 5.41) is 18.5. The Morgan fingerprint density at radius 3 is 0.858 bits per heavy atom. The molecule has 0 radical (unpaired) electrons. The van der Waals surface area contributed by atoms with Crippen LogP contribution >= 0.6 is 0 Å². The van der Waals surface area contributed by atoms with Crippen molar-refractivity contribution in [1.82, 2.24) is 74.8 Å². The molecule has 12 aromatic carbocycles. The molecule has 15 heteroatoms. The summed E-state index contributed by atoms with van der Waals surface area (Å²) >= 11 is 0. The molecule has 11 heterocycles. The molecule has 0 amide bonds. The molecule has 23 aromatic rings. The highest BCUT2D eigenvalue weighted by molar-refractivity contribution is 6.25. The van der Waals surface area contributed by atoms with Crippen LogP contribution in [0.5, 0.6) is 0 Å². The van der Waals surface area contributed by atoms with Crippen LogP contribution in [-0.2, 0) is 0 Å². The van der Waals surface area contributed by atoms with E-state index in [1.807, 2.05) is 134 Å². The first-order valence-corrected chi connectivity index (χ1v) is 39.6. The molecule has 0 unspecified atom stereocenters. The van der Waals surface area contributed by atoms with Crippen molar-refractivity contribution in [1.29, 1.82) is 0 Å². The van der Waals surface area contributed by atoms with Crippen LogP contribution in [0.4, 0.5) is 0 Å². The third-order valence-corrected chi connectivity index (χ3v) is 21.9. The number of aryl methyl sites for hydroxylation is 2. The van der Waals surface area contributed by atoms with Crippen molar-refractivity contribution < 1.29 is 0 Å². The van der Waals surface area contributed by atoms with E-state index in [1.165, 1.54) is 59.6 Å². The van der Waals surface area contributed by atoms with Gasteiger partial charge in [0.1, 0.15) is 11.4 Å². The quantitative estimate of drug-likeness (QED) is 0.117. The highest BCUT2D eigenvalue weighted by atomic mass is 15.1. The monoisotopic (exact) mass is 1540 g/mol. The average Bonchev–Trinajstić information content (AvgIpc) is 0.747. The number of aromatic nitrogens is 15. The fourth-order valence-electron chi connectivity index (χ4n) is 16.1. The van der Waals surface area contributed by atoms with Crippen LogP contribution in [0.2, 0.25) is 0 Å². The van der Waals surface area contributed by atoms with Crippen LogP contribution in [-0.4, -0.2) is 74.8 Å². The Morgan fingerprint density at radius 2 is 0.475 bits per heavy atom. The van der Waals surface area contributed by atoms with Crippen LogP contribution in [0.3, 0.4) is 0 Å². The maximum Gasteiger partial charge on any atom is 0.182 e. The van der Waals surface area contributed by atoms with Gasteiger partial charge in [-0.2, -0.15) is 0 Å². The van der Waals surface area contributed by atoms with Crippen molar-refractivity contribution in [3.8, 4) is 114 Å². The Bertz CT molecular complexity index is 7780. The SMILES string of the molecule is Cc1ccc(-c2nc(-c3ccc(C)cc3)nc(-c3cccc(-c4nc5ccccc5c5c4ccc4ccccc45)n3)n2)cc1.c1cc(-c2ccnc3ccccc23)nc(-c2nc3ccccc3c3c2ccc2ccccc23)c1.c1cc(-c2nc(-c3ccncc3)nc(-c3ccncc3)n2)nc(-c2nc3ccccc3c3c2ccc2ccccc23)c1. The topological polar surface area (TPSA) is 193 Å². The molecule has 23 rings (SSSR count). The van der Waals surface area contributed by atoms with Crippen molar-refractivity contribution in [3.63, 3.8) is 0 Å². The van der Waals surface area contributed by atoms with E-state index in [9.17, 15) is 0 Å². The fourth-order valence-corrected chi connectivity index (χ4v) is 16.1. The predicted molar refractivity (Wildman–Crippen MR) is 485 cm³/mol. The molecule has 0 saturated carbocycles. The van der Waals surface area contributed by atoms with Gasteiger partial charge in [0.05, 0.1) is 61.9 Å². The Kier molecular flexibility index (Phi) is 18.3. The predicted octanol–water partition coefficient (Wildman–Crippen LogP) is 24.8. The summed E-state index contributed by atoms with van der Waals surface area (Å²) in [4.78, 5) is 72.7. The van der Waals surface area contributed by atoms with Gasteiger partial charge in [-0.25, -0.2) is 59.8 Å². The molecule has 120 heavy (non-hydrogen) atoms. The fraction of sp³-hybridized carbons (Fsp3) is 0.0190. The molecule has 0 aliphatic rings. The minimum absolute atomic E-state index is 0.473. The zero-order valence-corrected chi connectivity index (χ0v) is 64.9. The number of fused-ring (bicyclic) bond motifs is 16. The molecule has 0 atom stereocenters. The van der Waals surface area contributed by atoms with Crippen molar-refractivity contribution >= 4 is 108 Å². The molecule has 15 nitrogen and oxygen atoms in total. The first kappa shape index (κ1) is 71.4. The Morgan fingerprint density at radius 1 is 0.175 bits per heavy atom. The largest absolute Gasteiger partial charge is 0.265 e. The number of benzene rings is 12. The molecule has 0 aliphatic carbocycles. The second-order valence-electron chi connectivity index (χ2n) is 29.5. The lowest BCUT2D eigenvalue weighted by Crippen LogP contribution is -2.02. The minimum Gasteiger partial charge on any atom is -0.265 e. The number of pyridine rings is 9. The van der Waals surface area contributed by atoms with Gasteiger partial charge < -0.3 is 0 Å². The molecule has 0 spiro atoms. The zero-order chi connectivity index (χ0) is 80.0. The van der Waals surface area contributed by atoms with Crippen molar-refractivity contribution in [2.24, 2.45) is 0 Å². The third kappa shape index (κ3) is 13.5. The van der Waals surface area contributed by atoms with Gasteiger partial charge in [-0.1, -0.05) is 260 Å². The lowest BCUT2D eigenvalue weighted by atomic mass is 9.96. The van der Waals surface area contributed by atoms with E-state index in [0.717, 1.165) is 127 Å². The van der Waals surface area contributed by atoms with E-state index in [0.29, 0.717) is 46.3 Å². The molecule has 0 saturated heterocycles. The molecule has 0 N–H and O–H groups in total. The lowest BCUT2D eigenvalue weighted by Gasteiger charge is -2.13. The molecule has 0 bridgehead atoms. The average molecular weight is 1540 g/mol. The van der Waals surface area contributed by atoms with E-state index in [4.69, 9.17) is 59.8 Å². The van der Waals surface area contributed by atoms with E-state index in [-0.39, 0.29) is 0 Å². The first-order chi connectivity index (χ1) is 59.3. The molecule has 11 aromatic heterocycles. The Hall–Kier alpha value is -16.4. The van der Waals surface area contributed by atoms with Gasteiger partial charge in [0, 0.05) is 113 Å². The number of hydrogen-bond donors (Lipinski definition) is 0. The van der Waals surface area contributed by atoms with E-state index in [1.54, 1.807) is 24.8 Å². The minimum atomic E-state index is 0.473. The summed E-state index contributed by atoms with van der Waals surface area (Å²) in [5.74, 6) is 3.30. The Labute approximate surface area is 688 Å². The standard InChI is InChI=1S/C39H27N5.C35H21N7.C31H19N3/c1-24-14-18-27(19-15-24)37-42-38(28-20-16-25(2)17-21-28)44-39(43-37)34-13-7-12-33(40-34)36-31-23-22-26-8-3-4-9-29(26)35(31)30-10-5-6-11-32(30)41-36;1-2-7-25-22(6-1)12-13-27-31(25)26-8-3-4-9-28(26)39-32(27)29-10-5-11-30(38-29)35-41-33(23-14-18-36-19-15-23)40-34(42-35)24-16-20-37-21-17-24;1-2-9-21-20(8-1)16-17-25-30(21)24-11-4-6-13-28(24)34-31(25)29-15-7-14-27(33-29)23-18-19-32-26-12-5-3-10-22(23)26/h3-23H,1-2H3;1-21H;1-19H. The van der Waals surface area contributed by atoms with Crippen molar-refractivity contribution in [2.45, 2.75) is 13.8 Å². The summed E-state index contributed by atoms with van der Waals surface area (Å²) in [6.07, 6.45) is 8.75. The molecule has 0 aliphatic heterocycles. The number of rotatable bonds is 10. The molecule has 562 valence electrons.